The van der Waals surface area contributed by atoms with Gasteiger partial charge in [-0.1, -0.05) is 589 Å². The topological polar surface area (TPSA) is 46.5 Å². The van der Waals surface area contributed by atoms with Gasteiger partial charge in [-0.3, -0.25) is 4.55 Å². The molecule has 0 aliphatic carbocycles. The van der Waals surface area contributed by atoms with Crippen molar-refractivity contribution in [1.82, 2.24) is 0 Å². The summed E-state index contributed by atoms with van der Waals surface area (Å²) in [6.45, 7) is 0. The monoisotopic (exact) mass is 3390 g/mol. The van der Waals surface area contributed by atoms with Crippen molar-refractivity contribution < 1.29 is 12.9 Å². The van der Waals surface area contributed by atoms with Crippen LogP contribution in [0.25, 0.3) is 0 Å². The van der Waals surface area contributed by atoms with Crippen LogP contribution in [0, 0.1) is 0 Å². The van der Waals surface area contributed by atoms with Gasteiger partial charge in [0, 0.05) is 0 Å². The maximum atomic E-state index is 11.8. The molecule has 0 fully saturated rings. The molecule has 0 radical (unpaired) electrons. The zero-order chi connectivity index (χ0) is 51.8. The number of hydrogen-bond acceptors (Lipinski definition) is 2. The predicted octanol–water partition coefficient (Wildman–Crippen LogP) is 28.7. The van der Waals surface area contributed by atoms with Gasteiger partial charge in [0.1, 0.15) is 51.7 Å². The van der Waals surface area contributed by atoms with Gasteiger partial charge in [0.05, 0.1) is 0 Å². The van der Waals surface area contributed by atoms with Crippen LogP contribution in [0.15, 0.2) is 0 Å². The highest BCUT2D eigenvalue weighted by Crippen LogP contribution is 2.84. The largest absolute Gasteiger partial charge is 0.304 e. The second-order valence-electron chi connectivity index (χ2n) is 11.1. The molecule has 3 nitrogen and oxygen atoms in total. The second-order valence-corrected chi connectivity index (χ2v) is 80.3. The molecule has 0 saturated heterocycles. The molecule has 62 heavy (non-hydrogen) atoms. The molecule has 0 rings (SSSR count). The molecule has 0 saturated carbocycles. The van der Waals surface area contributed by atoms with E-state index in [0.717, 1.165) is 0 Å². The summed E-state index contributed by atoms with van der Waals surface area (Å²) < 4.78 is 0.514. The van der Waals surface area contributed by atoms with Gasteiger partial charge in [-0.15, -0.1) is 0 Å². The average molecular weight is 3430 g/mol. The van der Waals surface area contributed by atoms with Crippen LogP contribution in [0.5, 0.6) is 0 Å². The first-order chi connectivity index (χ1) is 25.9. The van der Waals surface area contributed by atoms with E-state index in [4.69, 9.17) is 4.18 Å². The molecule has 374 valence electrons. The zero-order valence-electron chi connectivity index (χ0n) is 25.9. The molecule has 0 bridgehead atoms. The van der Waals surface area contributed by atoms with Gasteiger partial charge in [-0.05, 0) is 31.9 Å². The minimum atomic E-state index is -2.73. The maximum absolute atomic E-state index is 11.8. The highest BCUT2D eigenvalue weighted by molar-refractivity contribution is 9.43. The lowest BCUT2D eigenvalue weighted by Gasteiger charge is -2.62. The molecule has 43 heteroatoms. The SMILES string of the molecule is O=S(O)OC(Br)(Br)C(Br)(Br)C(Br)(Br)C(Br)(Br)C(Br)(Br)C(Br)(Br)C(Br)(Br)C(Br)(Br)C(Br)(Br)C(Br)(Br)C(Br)(Br)C(Br)(Br)C(Br)(Br)C(Br)(Br)C(Br)(Br)C(Br)(Br)C(Br)(Br)C(Br)(Br)C(Br)(Br)Br. The number of alkyl halides is 39. The predicted molar refractivity (Wildman–Crippen MR) is 412 cm³/mol. The lowest BCUT2D eigenvalue weighted by molar-refractivity contribution is 0.251. The van der Waals surface area contributed by atoms with Gasteiger partial charge in [0.15, 0.2) is 5.38 Å². The van der Waals surface area contributed by atoms with Gasteiger partial charge in [-0.2, -0.15) is 4.21 Å². The van der Waals surface area contributed by atoms with E-state index >= 15 is 0 Å². The minimum Gasteiger partial charge on any atom is -0.284 e. The van der Waals surface area contributed by atoms with E-state index < -0.39 is 71.9 Å². The van der Waals surface area contributed by atoms with E-state index in [2.05, 4.69) is 621 Å². The lowest BCUT2D eigenvalue weighted by Crippen LogP contribution is -2.74. The fourth-order valence-corrected chi connectivity index (χ4v) is 43.9. The molecule has 0 amide bonds. The first-order valence-electron chi connectivity index (χ1n) is 12.6. The van der Waals surface area contributed by atoms with Gasteiger partial charge in [-0.25, -0.2) is 4.18 Å². The third-order valence-electron chi connectivity index (χ3n) is 7.21. The van der Waals surface area contributed by atoms with Crippen molar-refractivity contribution in [3.8, 4) is 0 Å². The smallest absolute Gasteiger partial charge is 0.284 e. The Kier molecular flexibility index (Phi) is 34.5. The zero-order valence-corrected chi connectivity index (χ0v) is 88.6. The molecule has 0 spiro atoms. The van der Waals surface area contributed by atoms with E-state index in [9.17, 15) is 8.76 Å². The standard InChI is InChI=1S/C19HBr39O3S/c20-1(21,2(22,23)4(26,27)6(30,31)8(34,35)10(38,39)12(42,43)14(46,47)16(50,51)18(54,55)56)3(24,25)5(28,29)7(32,33)9(36,37)11(40,41)13(44,45)15(48,49)17(52,53)19(57,58)61-62(59)60/h(H,59,60). The quantitative estimate of drug-likeness (QED) is 0.104. The molecular weight excluding hydrogens is 3420 g/mol. The molecule has 0 aromatic heterocycles. The Bertz CT molecular complexity index is 1670. The third kappa shape index (κ3) is 13.8. The van der Waals surface area contributed by atoms with Gasteiger partial charge < -0.3 is 0 Å². The Balaban J connectivity index is 7.94. The van der Waals surface area contributed by atoms with Crippen LogP contribution in [0.3, 0.4) is 0 Å². The van der Waals surface area contributed by atoms with Gasteiger partial charge >= 0.3 is 11.4 Å². The van der Waals surface area contributed by atoms with Crippen molar-refractivity contribution in [2.24, 2.45) is 0 Å². The summed E-state index contributed by atoms with van der Waals surface area (Å²) in [6, 6.07) is 0. The molecule has 0 aliphatic rings. The van der Waals surface area contributed by atoms with Crippen molar-refractivity contribution in [1.29, 1.82) is 0 Å². The van der Waals surface area contributed by atoms with E-state index in [1.54, 1.807) is 0 Å². The van der Waals surface area contributed by atoms with E-state index in [1.165, 1.54) is 0 Å². The van der Waals surface area contributed by atoms with Crippen LogP contribution in [0.1, 0.15) is 0 Å². The van der Waals surface area contributed by atoms with Gasteiger partial charge in [0.2, 0.25) is 3.42 Å². The van der Waals surface area contributed by atoms with E-state index in [-0.39, 0.29) is 0 Å². The third-order valence-corrected chi connectivity index (χ3v) is 91.1. The van der Waals surface area contributed by atoms with Crippen LogP contribution in [-0.4, -0.2) is 69.3 Å². The summed E-state index contributed by atoms with van der Waals surface area (Å²) in [5.74, 6) is 0. The fourth-order valence-electron chi connectivity index (χ4n) is 3.46. The highest BCUT2D eigenvalue weighted by atomic mass is 80.0. The average Bonchev–Trinajstić information content (AvgIpc) is 3.01. The molecular formula is C19HBr39O3S. The normalized spacial score (nSPS) is 17.7. The molecule has 1 unspecified atom stereocenters. The van der Waals surface area contributed by atoms with Gasteiger partial charge in [0.25, 0.3) is 0 Å². The molecule has 0 aliphatic heterocycles. The summed E-state index contributed by atoms with van der Waals surface area (Å²) >= 11 is 148. The highest BCUT2D eigenvalue weighted by Gasteiger charge is 2.85. The number of rotatable bonds is 19. The summed E-state index contributed by atoms with van der Waals surface area (Å²) in [4.78, 5) is 0. The van der Waals surface area contributed by atoms with Crippen LogP contribution >= 0.6 is 621 Å². The van der Waals surface area contributed by atoms with Crippen molar-refractivity contribution in [2.45, 2.75) is 60.5 Å². The summed E-state index contributed by atoms with van der Waals surface area (Å²) in [6.07, 6.45) is 0. The van der Waals surface area contributed by atoms with Crippen molar-refractivity contribution in [3.63, 3.8) is 0 Å². The maximum Gasteiger partial charge on any atom is 0.304 e. The first-order valence-corrected chi connectivity index (χ1v) is 44.5. The van der Waals surface area contributed by atoms with Crippen LogP contribution in [0.4, 0.5) is 0 Å². The summed E-state index contributed by atoms with van der Waals surface area (Å²) in [5.41, 5.74) is 0. The second kappa shape index (κ2) is 26.5. The minimum absolute atomic E-state index is 0.941. The van der Waals surface area contributed by atoms with E-state index in [0.29, 0.717) is 0 Å². The first kappa shape index (κ1) is 80.8. The Morgan fingerprint density at radius 3 is 0.452 bits per heavy atom. The number of hydrogen-bond donors (Lipinski definition) is 1. The molecule has 0 heterocycles. The summed E-state index contributed by atoms with van der Waals surface area (Å²) in [7, 11) is 0. The number of halogens is 39. The van der Waals surface area contributed by atoms with E-state index in [1.807, 2.05) is 0 Å². The van der Waals surface area contributed by atoms with Crippen molar-refractivity contribution >= 4 is 633 Å². The Hall–Kier alpha value is 18.8. The van der Waals surface area contributed by atoms with Crippen LogP contribution in [-0.2, 0) is 15.5 Å². The Labute approximate surface area is 688 Å². The molecule has 1 atom stereocenters. The lowest BCUT2D eigenvalue weighted by atomic mass is 10.0. The molecule has 1 N–H and O–H groups in total. The van der Waals surface area contributed by atoms with Crippen molar-refractivity contribution in [3.05, 3.63) is 0 Å². The van der Waals surface area contributed by atoms with Crippen LogP contribution < -0.4 is 0 Å². The summed E-state index contributed by atoms with van der Waals surface area (Å²) in [5, 5.41) is 0. The fraction of sp³-hybridized carbons (Fsp3) is 1.00. The molecule has 0 aromatic carbocycles. The van der Waals surface area contributed by atoms with Crippen molar-refractivity contribution in [2.75, 3.05) is 0 Å². The Morgan fingerprint density at radius 2 is 0.339 bits per heavy atom. The molecule has 0 aromatic rings. The Morgan fingerprint density at radius 1 is 0.226 bits per heavy atom. The van der Waals surface area contributed by atoms with Crippen LogP contribution in [0.2, 0.25) is 0 Å².